The van der Waals surface area contributed by atoms with Crippen molar-refractivity contribution in [1.82, 2.24) is 9.97 Å². The molecule has 0 unspecified atom stereocenters. The minimum absolute atomic E-state index is 0.905. The quantitative estimate of drug-likeness (QED) is 0.809. The summed E-state index contributed by atoms with van der Waals surface area (Å²) in [5, 5.41) is 0. The van der Waals surface area contributed by atoms with Crippen LogP contribution in [0.3, 0.4) is 0 Å². The van der Waals surface area contributed by atoms with Crippen LogP contribution in [0.25, 0.3) is 0 Å². The van der Waals surface area contributed by atoms with Crippen LogP contribution in [0.2, 0.25) is 0 Å². The fourth-order valence-corrected chi connectivity index (χ4v) is 2.08. The van der Waals surface area contributed by atoms with Crippen LogP contribution in [0.4, 0.5) is 5.82 Å². The van der Waals surface area contributed by atoms with Gasteiger partial charge < -0.3 is 9.64 Å². The molecule has 1 aromatic heterocycles. The SMILES string of the molecule is COc1ccc(CCCN(C)c2cc(C)ncn2)cc1. The Morgan fingerprint density at radius 3 is 2.55 bits per heavy atom. The van der Waals surface area contributed by atoms with Crippen molar-refractivity contribution in [3.63, 3.8) is 0 Å². The highest BCUT2D eigenvalue weighted by Crippen LogP contribution is 2.14. The average molecular weight is 271 g/mol. The molecular formula is C16H21N3O. The van der Waals surface area contributed by atoms with E-state index in [1.807, 2.05) is 25.1 Å². The smallest absolute Gasteiger partial charge is 0.131 e. The second kappa shape index (κ2) is 6.89. The standard InChI is InChI=1S/C16H21N3O/c1-13-11-16(18-12-17-13)19(2)10-4-5-14-6-8-15(20-3)9-7-14/h6-9,11-12H,4-5,10H2,1-3H3. The zero-order valence-electron chi connectivity index (χ0n) is 12.3. The molecule has 0 aliphatic rings. The maximum atomic E-state index is 5.16. The van der Waals surface area contributed by atoms with E-state index in [2.05, 4.69) is 34.0 Å². The van der Waals surface area contributed by atoms with Gasteiger partial charge in [0.25, 0.3) is 0 Å². The van der Waals surface area contributed by atoms with Gasteiger partial charge in [-0.1, -0.05) is 12.1 Å². The van der Waals surface area contributed by atoms with E-state index in [1.54, 1.807) is 13.4 Å². The van der Waals surface area contributed by atoms with Gasteiger partial charge in [0.05, 0.1) is 7.11 Å². The number of ether oxygens (including phenoxy) is 1. The predicted molar refractivity (Wildman–Crippen MR) is 81.4 cm³/mol. The van der Waals surface area contributed by atoms with Crippen LogP contribution in [0.1, 0.15) is 17.7 Å². The average Bonchev–Trinajstić information content (AvgIpc) is 2.48. The highest BCUT2D eigenvalue weighted by Gasteiger charge is 2.03. The monoisotopic (exact) mass is 271 g/mol. The minimum atomic E-state index is 0.905. The van der Waals surface area contributed by atoms with Gasteiger partial charge in [0.2, 0.25) is 0 Å². The fourth-order valence-electron chi connectivity index (χ4n) is 2.08. The summed E-state index contributed by atoms with van der Waals surface area (Å²) in [5.41, 5.74) is 2.33. The van der Waals surface area contributed by atoms with Gasteiger partial charge in [0, 0.05) is 25.4 Å². The summed E-state index contributed by atoms with van der Waals surface area (Å²) in [6, 6.07) is 10.3. The molecule has 0 saturated carbocycles. The molecule has 0 N–H and O–H groups in total. The molecule has 0 spiro atoms. The van der Waals surface area contributed by atoms with Crippen LogP contribution < -0.4 is 9.64 Å². The lowest BCUT2D eigenvalue weighted by Gasteiger charge is -2.18. The number of hydrogen-bond acceptors (Lipinski definition) is 4. The van der Waals surface area contributed by atoms with E-state index in [0.29, 0.717) is 0 Å². The first-order valence-electron chi connectivity index (χ1n) is 6.82. The Morgan fingerprint density at radius 2 is 1.90 bits per heavy atom. The molecule has 1 heterocycles. The molecule has 2 rings (SSSR count). The van der Waals surface area contributed by atoms with E-state index in [0.717, 1.165) is 36.6 Å². The van der Waals surface area contributed by atoms with Crippen molar-refractivity contribution in [3.05, 3.63) is 47.9 Å². The summed E-state index contributed by atoms with van der Waals surface area (Å²) in [7, 11) is 3.75. The maximum Gasteiger partial charge on any atom is 0.131 e. The van der Waals surface area contributed by atoms with Crippen LogP contribution >= 0.6 is 0 Å². The zero-order chi connectivity index (χ0) is 14.4. The Kier molecular flexibility index (Phi) is 4.93. The van der Waals surface area contributed by atoms with Crippen molar-refractivity contribution < 1.29 is 4.74 Å². The Labute approximate surface area is 120 Å². The molecule has 0 radical (unpaired) electrons. The summed E-state index contributed by atoms with van der Waals surface area (Å²) in [4.78, 5) is 10.6. The molecule has 0 aliphatic carbocycles. The van der Waals surface area contributed by atoms with Gasteiger partial charge >= 0.3 is 0 Å². The van der Waals surface area contributed by atoms with Crippen LogP contribution in [-0.2, 0) is 6.42 Å². The van der Waals surface area contributed by atoms with Gasteiger partial charge in [-0.25, -0.2) is 9.97 Å². The number of anilines is 1. The Balaban J connectivity index is 1.82. The highest BCUT2D eigenvalue weighted by molar-refractivity contribution is 5.37. The first kappa shape index (κ1) is 14.3. The second-order valence-electron chi connectivity index (χ2n) is 4.89. The van der Waals surface area contributed by atoms with Crippen molar-refractivity contribution in [1.29, 1.82) is 0 Å². The number of rotatable bonds is 6. The molecule has 20 heavy (non-hydrogen) atoms. The van der Waals surface area contributed by atoms with Crippen LogP contribution in [0.5, 0.6) is 5.75 Å². The first-order chi connectivity index (χ1) is 9.69. The van der Waals surface area contributed by atoms with Gasteiger partial charge in [-0.2, -0.15) is 0 Å². The van der Waals surface area contributed by atoms with Crippen molar-refractivity contribution in [3.8, 4) is 5.75 Å². The number of aryl methyl sites for hydroxylation is 2. The molecule has 0 atom stereocenters. The number of benzene rings is 1. The summed E-state index contributed by atoms with van der Waals surface area (Å²) >= 11 is 0. The molecule has 106 valence electrons. The Hall–Kier alpha value is -2.10. The van der Waals surface area contributed by atoms with Crippen molar-refractivity contribution in [2.24, 2.45) is 0 Å². The van der Waals surface area contributed by atoms with E-state index in [1.165, 1.54) is 5.56 Å². The number of aromatic nitrogens is 2. The minimum Gasteiger partial charge on any atom is -0.497 e. The molecule has 2 aromatic rings. The first-order valence-corrected chi connectivity index (χ1v) is 6.82. The van der Waals surface area contributed by atoms with Crippen LogP contribution in [0, 0.1) is 6.92 Å². The Morgan fingerprint density at radius 1 is 1.15 bits per heavy atom. The summed E-state index contributed by atoms with van der Waals surface area (Å²) in [6.45, 7) is 2.96. The van der Waals surface area contributed by atoms with Crippen molar-refractivity contribution >= 4 is 5.82 Å². The topological polar surface area (TPSA) is 38.2 Å². The fraction of sp³-hybridized carbons (Fsp3) is 0.375. The summed E-state index contributed by atoms with van der Waals surface area (Å²) in [6.07, 6.45) is 3.76. The van der Waals surface area contributed by atoms with Gasteiger partial charge in [-0.3, -0.25) is 0 Å². The van der Waals surface area contributed by atoms with Gasteiger partial charge in [0.1, 0.15) is 17.9 Å². The molecular weight excluding hydrogens is 250 g/mol. The number of methoxy groups -OCH3 is 1. The third kappa shape index (κ3) is 3.95. The van der Waals surface area contributed by atoms with Crippen LogP contribution in [0.15, 0.2) is 36.7 Å². The lowest BCUT2D eigenvalue weighted by atomic mass is 10.1. The van der Waals surface area contributed by atoms with E-state index in [4.69, 9.17) is 4.74 Å². The lowest BCUT2D eigenvalue weighted by molar-refractivity contribution is 0.414. The third-order valence-corrected chi connectivity index (χ3v) is 3.30. The van der Waals surface area contributed by atoms with Gasteiger partial charge in [-0.15, -0.1) is 0 Å². The molecule has 0 aliphatic heterocycles. The zero-order valence-corrected chi connectivity index (χ0v) is 12.3. The summed E-state index contributed by atoms with van der Waals surface area (Å²) in [5.74, 6) is 1.88. The number of hydrogen-bond donors (Lipinski definition) is 0. The van der Waals surface area contributed by atoms with Crippen molar-refractivity contribution in [2.45, 2.75) is 19.8 Å². The van der Waals surface area contributed by atoms with Crippen LogP contribution in [-0.4, -0.2) is 30.7 Å². The molecule has 0 saturated heterocycles. The van der Waals surface area contributed by atoms with E-state index < -0.39 is 0 Å². The normalized spacial score (nSPS) is 10.3. The molecule has 0 fully saturated rings. The van der Waals surface area contributed by atoms with Gasteiger partial charge in [-0.05, 0) is 37.5 Å². The number of nitrogens with zero attached hydrogens (tertiary/aromatic N) is 3. The molecule has 1 aromatic carbocycles. The maximum absolute atomic E-state index is 5.16. The van der Waals surface area contributed by atoms with Gasteiger partial charge in [0.15, 0.2) is 0 Å². The highest BCUT2D eigenvalue weighted by atomic mass is 16.5. The summed E-state index contributed by atoms with van der Waals surface area (Å²) < 4.78 is 5.16. The van der Waals surface area contributed by atoms with E-state index >= 15 is 0 Å². The Bertz CT molecular complexity index is 540. The molecule has 4 heteroatoms. The molecule has 0 bridgehead atoms. The second-order valence-corrected chi connectivity index (χ2v) is 4.89. The predicted octanol–water partition coefficient (Wildman–Crippen LogP) is 2.86. The largest absolute Gasteiger partial charge is 0.497 e. The lowest BCUT2D eigenvalue weighted by Crippen LogP contribution is -2.20. The van der Waals surface area contributed by atoms with Crippen molar-refractivity contribution in [2.75, 3.05) is 25.6 Å². The molecule has 0 amide bonds. The molecule has 4 nitrogen and oxygen atoms in total. The van der Waals surface area contributed by atoms with E-state index in [9.17, 15) is 0 Å². The third-order valence-electron chi connectivity index (χ3n) is 3.30. The van der Waals surface area contributed by atoms with E-state index in [-0.39, 0.29) is 0 Å².